The van der Waals surface area contributed by atoms with Crippen molar-refractivity contribution in [3.63, 3.8) is 0 Å². The second kappa shape index (κ2) is 5.16. The summed E-state index contributed by atoms with van der Waals surface area (Å²) in [6.07, 6.45) is 2.61. The maximum absolute atomic E-state index is 10.2. The highest BCUT2D eigenvalue weighted by Gasteiger charge is 2.15. The van der Waals surface area contributed by atoms with Crippen LogP contribution in [0, 0.1) is 6.92 Å². The molecule has 0 aliphatic carbocycles. The third-order valence-corrected chi connectivity index (χ3v) is 4.62. The number of halogens is 1. The van der Waals surface area contributed by atoms with Crippen LogP contribution in [0.4, 0.5) is 0 Å². The summed E-state index contributed by atoms with van der Waals surface area (Å²) in [6.45, 7) is 2.01. The predicted molar refractivity (Wildman–Crippen MR) is 71.6 cm³/mol. The Morgan fingerprint density at radius 2 is 2.18 bits per heavy atom. The third-order valence-electron chi connectivity index (χ3n) is 2.43. The summed E-state index contributed by atoms with van der Waals surface area (Å²) in [4.78, 5) is 6.08. The van der Waals surface area contributed by atoms with Gasteiger partial charge in [0.25, 0.3) is 0 Å². The normalized spacial score (nSPS) is 12.5. The van der Waals surface area contributed by atoms with Crippen LogP contribution in [0.1, 0.15) is 21.4 Å². The molecule has 2 aromatic heterocycles. The first-order chi connectivity index (χ1) is 8.11. The lowest BCUT2D eigenvalue weighted by Gasteiger charge is -2.09. The molecule has 0 bridgehead atoms. The van der Waals surface area contributed by atoms with Gasteiger partial charge in [-0.05, 0) is 35.0 Å². The Hall–Kier alpha value is -0.910. The van der Waals surface area contributed by atoms with Gasteiger partial charge in [0.15, 0.2) is 0 Å². The van der Waals surface area contributed by atoms with E-state index in [1.54, 1.807) is 36.9 Å². The molecular formula is C12H12BrNO2S. The molecule has 0 saturated carbocycles. The molecule has 0 fully saturated rings. The van der Waals surface area contributed by atoms with E-state index in [1.807, 2.05) is 13.0 Å². The number of hydrogen-bond acceptors (Lipinski definition) is 4. The van der Waals surface area contributed by atoms with Crippen LogP contribution < -0.4 is 4.74 Å². The summed E-state index contributed by atoms with van der Waals surface area (Å²) in [5.74, 6) is 0.647. The van der Waals surface area contributed by atoms with Gasteiger partial charge in [0, 0.05) is 26.0 Å². The van der Waals surface area contributed by atoms with Gasteiger partial charge in [-0.2, -0.15) is 0 Å². The summed E-state index contributed by atoms with van der Waals surface area (Å²) in [5, 5.41) is 10.2. The number of thiophene rings is 1. The van der Waals surface area contributed by atoms with E-state index in [9.17, 15) is 5.11 Å². The highest BCUT2D eigenvalue weighted by molar-refractivity contribution is 9.10. The van der Waals surface area contributed by atoms with E-state index in [0.717, 1.165) is 19.8 Å². The number of methoxy groups -OCH3 is 1. The third kappa shape index (κ3) is 2.68. The number of ether oxygens (including phenoxy) is 1. The first-order valence-corrected chi connectivity index (χ1v) is 6.65. The number of rotatable bonds is 3. The van der Waals surface area contributed by atoms with Gasteiger partial charge in [-0.1, -0.05) is 0 Å². The maximum atomic E-state index is 10.2. The number of nitrogens with zero attached hydrogens (tertiary/aromatic N) is 1. The standard InChI is InChI=1S/C12H12BrNO2S/c1-7-10(13)4-11(17-7)12(15)8-3-9(16-2)6-14-5-8/h3-6,12,15H,1-2H3. The molecule has 1 N–H and O–H groups in total. The monoisotopic (exact) mass is 313 g/mol. The van der Waals surface area contributed by atoms with Gasteiger partial charge >= 0.3 is 0 Å². The largest absolute Gasteiger partial charge is 0.495 e. The predicted octanol–water partition coefficient (Wildman–Crippen LogP) is 3.30. The molecule has 0 amide bonds. The molecule has 0 aliphatic heterocycles. The summed E-state index contributed by atoms with van der Waals surface area (Å²) in [7, 11) is 1.58. The van der Waals surface area contributed by atoms with Gasteiger partial charge in [0.05, 0.1) is 13.3 Å². The Labute approximate surface area is 112 Å². The minimum Gasteiger partial charge on any atom is -0.495 e. The molecule has 2 heterocycles. The first-order valence-electron chi connectivity index (χ1n) is 5.04. The number of aliphatic hydroxyl groups is 1. The molecular weight excluding hydrogens is 302 g/mol. The fourth-order valence-corrected chi connectivity index (χ4v) is 3.05. The van der Waals surface area contributed by atoms with Crippen LogP contribution in [-0.4, -0.2) is 17.2 Å². The van der Waals surface area contributed by atoms with Crippen molar-refractivity contribution in [1.82, 2.24) is 4.98 Å². The molecule has 0 radical (unpaired) electrons. The van der Waals surface area contributed by atoms with Crippen LogP contribution in [0.3, 0.4) is 0 Å². The molecule has 0 spiro atoms. The van der Waals surface area contributed by atoms with Crippen molar-refractivity contribution < 1.29 is 9.84 Å². The van der Waals surface area contributed by atoms with Crippen molar-refractivity contribution in [3.8, 4) is 5.75 Å². The van der Waals surface area contributed by atoms with Crippen molar-refractivity contribution >= 4 is 27.3 Å². The van der Waals surface area contributed by atoms with Gasteiger partial charge in [-0.25, -0.2) is 0 Å². The molecule has 3 nitrogen and oxygen atoms in total. The van der Waals surface area contributed by atoms with Gasteiger partial charge in [-0.3, -0.25) is 4.98 Å². The molecule has 2 rings (SSSR count). The summed E-state index contributed by atoms with van der Waals surface area (Å²) >= 11 is 5.01. The topological polar surface area (TPSA) is 42.4 Å². The Bertz CT molecular complexity index is 507. The minimum atomic E-state index is -0.660. The van der Waals surface area contributed by atoms with E-state index in [4.69, 9.17) is 4.74 Å². The second-order valence-corrected chi connectivity index (χ2v) is 5.76. The second-order valence-electron chi connectivity index (χ2n) is 3.61. The lowest BCUT2D eigenvalue weighted by atomic mass is 10.1. The molecule has 1 unspecified atom stereocenters. The van der Waals surface area contributed by atoms with Crippen LogP contribution in [0.25, 0.3) is 0 Å². The van der Waals surface area contributed by atoms with E-state index < -0.39 is 6.10 Å². The van der Waals surface area contributed by atoms with E-state index in [-0.39, 0.29) is 0 Å². The van der Waals surface area contributed by atoms with Crippen LogP contribution in [-0.2, 0) is 0 Å². The van der Waals surface area contributed by atoms with E-state index in [2.05, 4.69) is 20.9 Å². The van der Waals surface area contributed by atoms with Crippen molar-refractivity contribution in [2.45, 2.75) is 13.0 Å². The Morgan fingerprint density at radius 1 is 1.41 bits per heavy atom. The zero-order chi connectivity index (χ0) is 12.4. The van der Waals surface area contributed by atoms with Crippen molar-refractivity contribution in [2.24, 2.45) is 0 Å². The molecule has 0 aromatic carbocycles. The maximum Gasteiger partial charge on any atom is 0.137 e. The number of aryl methyl sites for hydroxylation is 1. The highest BCUT2D eigenvalue weighted by atomic mass is 79.9. The fourth-order valence-electron chi connectivity index (χ4n) is 1.48. The average molecular weight is 314 g/mol. The number of aromatic nitrogens is 1. The first kappa shape index (κ1) is 12.5. The van der Waals surface area contributed by atoms with E-state index in [1.165, 1.54) is 0 Å². The number of aliphatic hydroxyl groups excluding tert-OH is 1. The van der Waals surface area contributed by atoms with E-state index in [0.29, 0.717) is 5.75 Å². The SMILES string of the molecule is COc1cncc(C(O)c2cc(Br)c(C)s2)c1. The quantitative estimate of drug-likeness (QED) is 0.945. The van der Waals surface area contributed by atoms with Gasteiger partial charge in [0.2, 0.25) is 0 Å². The Kier molecular flexibility index (Phi) is 3.81. The molecule has 0 aliphatic rings. The highest BCUT2D eigenvalue weighted by Crippen LogP contribution is 2.34. The van der Waals surface area contributed by atoms with Crippen LogP contribution >= 0.6 is 27.3 Å². The molecule has 2 aromatic rings. The van der Waals surface area contributed by atoms with Crippen LogP contribution in [0.15, 0.2) is 29.0 Å². The molecule has 1 atom stereocenters. The van der Waals surface area contributed by atoms with Crippen LogP contribution in [0.2, 0.25) is 0 Å². The number of pyridine rings is 1. The smallest absolute Gasteiger partial charge is 0.137 e. The molecule has 0 saturated heterocycles. The molecule has 90 valence electrons. The summed E-state index contributed by atoms with van der Waals surface area (Å²) in [6, 6.07) is 3.73. The van der Waals surface area contributed by atoms with Gasteiger partial charge < -0.3 is 9.84 Å². The zero-order valence-electron chi connectivity index (χ0n) is 9.48. The summed E-state index contributed by atoms with van der Waals surface area (Å²) in [5.41, 5.74) is 0.734. The van der Waals surface area contributed by atoms with E-state index >= 15 is 0 Å². The van der Waals surface area contributed by atoms with Gasteiger partial charge in [-0.15, -0.1) is 11.3 Å². The lowest BCUT2D eigenvalue weighted by Crippen LogP contribution is -1.98. The lowest BCUT2D eigenvalue weighted by molar-refractivity contribution is 0.223. The minimum absolute atomic E-state index is 0.647. The molecule has 17 heavy (non-hydrogen) atoms. The van der Waals surface area contributed by atoms with Crippen molar-refractivity contribution in [1.29, 1.82) is 0 Å². The van der Waals surface area contributed by atoms with Crippen molar-refractivity contribution in [3.05, 3.63) is 44.3 Å². The van der Waals surface area contributed by atoms with Crippen LogP contribution in [0.5, 0.6) is 5.75 Å². The average Bonchev–Trinajstić information content (AvgIpc) is 2.69. The number of hydrogen-bond donors (Lipinski definition) is 1. The fraction of sp³-hybridized carbons (Fsp3) is 0.250. The van der Waals surface area contributed by atoms with Gasteiger partial charge in [0.1, 0.15) is 11.9 Å². The molecule has 5 heteroatoms. The summed E-state index contributed by atoms with van der Waals surface area (Å²) < 4.78 is 6.11. The zero-order valence-corrected chi connectivity index (χ0v) is 11.9. The Balaban J connectivity index is 2.32. The Morgan fingerprint density at radius 3 is 2.76 bits per heavy atom. The van der Waals surface area contributed by atoms with Crippen molar-refractivity contribution in [2.75, 3.05) is 7.11 Å².